The van der Waals surface area contributed by atoms with E-state index in [4.69, 9.17) is 12.6 Å². The minimum atomic E-state index is 0.474. The fourth-order valence-corrected chi connectivity index (χ4v) is 3.10. The molecular weight excluding hydrogens is 266 g/mol. The quantitative estimate of drug-likeness (QED) is 0.722. The van der Waals surface area contributed by atoms with Crippen molar-refractivity contribution in [3.63, 3.8) is 0 Å². The van der Waals surface area contributed by atoms with Gasteiger partial charge in [0.2, 0.25) is 0 Å². The Morgan fingerprint density at radius 1 is 1.45 bits per heavy atom. The van der Waals surface area contributed by atoms with Crippen LogP contribution in [0.4, 0.5) is 0 Å². The summed E-state index contributed by atoms with van der Waals surface area (Å²) < 4.78 is 0. The van der Waals surface area contributed by atoms with Crippen LogP contribution in [0, 0.1) is 11.8 Å². The van der Waals surface area contributed by atoms with Gasteiger partial charge in [-0.1, -0.05) is 40.7 Å². The molecule has 2 aliphatic rings. The average Bonchev–Trinajstić information content (AvgIpc) is 2.67. The van der Waals surface area contributed by atoms with Crippen LogP contribution in [0.3, 0.4) is 0 Å². The molecule has 3 nitrogen and oxygen atoms in total. The summed E-state index contributed by atoms with van der Waals surface area (Å²) in [6.07, 6.45) is 6.50. The van der Waals surface area contributed by atoms with Crippen LogP contribution < -0.4 is 5.32 Å². The van der Waals surface area contributed by atoms with E-state index in [9.17, 15) is 0 Å². The maximum atomic E-state index is 4.70. The van der Waals surface area contributed by atoms with E-state index < -0.39 is 0 Å². The highest BCUT2D eigenvalue weighted by Gasteiger charge is 2.39. The fourth-order valence-electron chi connectivity index (χ4n) is 2.78. The van der Waals surface area contributed by atoms with Gasteiger partial charge in [-0.3, -0.25) is 4.99 Å². The van der Waals surface area contributed by atoms with Crippen molar-refractivity contribution in [2.75, 3.05) is 7.05 Å². The Kier molecular flexibility index (Phi) is 6.66. The minimum Gasteiger partial charge on any atom is -0.332 e. The van der Waals surface area contributed by atoms with E-state index in [1.807, 2.05) is 6.08 Å². The largest absolute Gasteiger partial charge is 0.332 e. The number of aliphatic imine (C=N–C) groups is 1. The molecule has 4 unspecified atom stereocenters. The average molecular weight is 295 g/mol. The van der Waals surface area contributed by atoms with Crippen LogP contribution in [0.1, 0.15) is 40.5 Å². The lowest BCUT2D eigenvalue weighted by Gasteiger charge is -2.35. The van der Waals surface area contributed by atoms with Crippen molar-refractivity contribution >= 4 is 18.5 Å². The normalized spacial score (nSPS) is 34.8. The van der Waals surface area contributed by atoms with Crippen LogP contribution in [0.15, 0.2) is 29.7 Å². The SMILES string of the molecule is C=C1NC(=NC)C=CN1C1CC(C)C(S)C1C.CCC. The Hall–Kier alpha value is -0.900. The molecule has 0 amide bonds. The van der Waals surface area contributed by atoms with E-state index in [2.05, 4.69) is 55.7 Å². The van der Waals surface area contributed by atoms with Crippen LogP contribution in [0.2, 0.25) is 0 Å². The molecule has 1 fully saturated rings. The van der Waals surface area contributed by atoms with Crippen LogP contribution in [-0.2, 0) is 0 Å². The van der Waals surface area contributed by atoms with Crippen molar-refractivity contribution in [1.82, 2.24) is 10.2 Å². The zero-order chi connectivity index (χ0) is 15.3. The molecule has 1 saturated carbocycles. The van der Waals surface area contributed by atoms with Crippen LogP contribution in [0.5, 0.6) is 0 Å². The highest BCUT2D eigenvalue weighted by Crippen LogP contribution is 2.39. The minimum absolute atomic E-state index is 0.474. The third-order valence-corrected chi connectivity index (χ3v) is 4.90. The first-order valence-electron chi connectivity index (χ1n) is 7.53. The van der Waals surface area contributed by atoms with E-state index in [0.717, 1.165) is 11.7 Å². The summed E-state index contributed by atoms with van der Waals surface area (Å²) in [6, 6.07) is 0.488. The number of hydrogen-bond acceptors (Lipinski definition) is 3. The van der Waals surface area contributed by atoms with Crippen molar-refractivity contribution in [3.05, 3.63) is 24.7 Å². The maximum absolute atomic E-state index is 4.70. The molecule has 1 aliphatic carbocycles. The van der Waals surface area contributed by atoms with Crippen molar-refractivity contribution < 1.29 is 0 Å². The number of hydrogen-bond donors (Lipinski definition) is 2. The molecule has 1 heterocycles. The van der Waals surface area contributed by atoms with Gasteiger partial charge < -0.3 is 10.2 Å². The van der Waals surface area contributed by atoms with Gasteiger partial charge in [0.25, 0.3) is 0 Å². The molecule has 4 atom stereocenters. The van der Waals surface area contributed by atoms with Crippen LogP contribution >= 0.6 is 12.6 Å². The highest BCUT2D eigenvalue weighted by atomic mass is 32.1. The molecule has 114 valence electrons. The second-order valence-electron chi connectivity index (χ2n) is 5.74. The summed E-state index contributed by atoms with van der Waals surface area (Å²) in [5.74, 6) is 3.00. The van der Waals surface area contributed by atoms with E-state index in [-0.39, 0.29) is 0 Å². The van der Waals surface area contributed by atoms with Gasteiger partial charge in [0.1, 0.15) is 11.7 Å². The molecule has 0 spiro atoms. The topological polar surface area (TPSA) is 27.6 Å². The van der Waals surface area contributed by atoms with Gasteiger partial charge in [0, 0.05) is 24.5 Å². The maximum Gasteiger partial charge on any atom is 0.127 e. The lowest BCUT2D eigenvalue weighted by atomic mass is 10.0. The van der Waals surface area contributed by atoms with E-state index in [1.165, 1.54) is 12.8 Å². The Labute approximate surface area is 129 Å². The smallest absolute Gasteiger partial charge is 0.127 e. The first-order chi connectivity index (χ1) is 9.46. The monoisotopic (exact) mass is 295 g/mol. The Bertz CT molecular complexity index is 389. The molecule has 0 radical (unpaired) electrons. The zero-order valence-electron chi connectivity index (χ0n) is 13.4. The van der Waals surface area contributed by atoms with E-state index in [1.54, 1.807) is 7.05 Å². The first-order valence-corrected chi connectivity index (χ1v) is 8.05. The van der Waals surface area contributed by atoms with Crippen molar-refractivity contribution in [2.24, 2.45) is 16.8 Å². The van der Waals surface area contributed by atoms with Gasteiger partial charge in [-0.2, -0.15) is 12.6 Å². The summed E-state index contributed by atoms with van der Waals surface area (Å²) in [5, 5.41) is 3.69. The number of amidine groups is 1. The van der Waals surface area contributed by atoms with Gasteiger partial charge in [0.05, 0.1) is 0 Å². The second kappa shape index (κ2) is 7.77. The molecule has 20 heavy (non-hydrogen) atoms. The van der Waals surface area contributed by atoms with E-state index >= 15 is 0 Å². The number of nitrogens with one attached hydrogen (secondary N) is 1. The second-order valence-corrected chi connectivity index (χ2v) is 6.34. The predicted octanol–water partition coefficient (Wildman–Crippen LogP) is 3.66. The Morgan fingerprint density at radius 2 is 2.05 bits per heavy atom. The van der Waals surface area contributed by atoms with Crippen LogP contribution in [0.25, 0.3) is 0 Å². The summed E-state index contributed by atoms with van der Waals surface area (Å²) in [4.78, 5) is 6.35. The molecule has 0 bridgehead atoms. The molecule has 4 heteroatoms. The van der Waals surface area contributed by atoms with Gasteiger partial charge in [-0.05, 0) is 24.3 Å². The van der Waals surface area contributed by atoms with Gasteiger partial charge in [0.15, 0.2) is 0 Å². The molecule has 0 aromatic rings. The molecule has 1 aliphatic heterocycles. The molecule has 2 rings (SSSR count). The molecule has 1 N–H and O–H groups in total. The van der Waals surface area contributed by atoms with Gasteiger partial charge in [-0.15, -0.1) is 0 Å². The lowest BCUT2D eigenvalue weighted by molar-refractivity contribution is 0.275. The van der Waals surface area contributed by atoms with E-state index in [0.29, 0.717) is 23.1 Å². The van der Waals surface area contributed by atoms with Crippen molar-refractivity contribution in [2.45, 2.75) is 51.8 Å². The standard InChI is InChI=1S/C13H21N3S.C3H8/c1-8-7-11(9(2)13(8)17)16-6-5-12(14-4)15-10(16)3;1-3-2/h5-6,8-9,11,13,17H,3,7H2,1-2,4H3,(H,14,15);3H2,1-2H3. The highest BCUT2D eigenvalue weighted by molar-refractivity contribution is 7.81. The molecule has 0 aromatic heterocycles. The number of thiol groups is 1. The molecular formula is C16H29N3S. The summed E-state index contributed by atoms with van der Waals surface area (Å²) in [5.41, 5.74) is 0. The van der Waals surface area contributed by atoms with Crippen molar-refractivity contribution in [3.8, 4) is 0 Å². The number of nitrogens with zero attached hydrogens (tertiary/aromatic N) is 2. The summed E-state index contributed by atoms with van der Waals surface area (Å²) >= 11 is 4.70. The molecule has 0 saturated heterocycles. The van der Waals surface area contributed by atoms with Gasteiger partial charge >= 0.3 is 0 Å². The molecule has 0 aromatic carbocycles. The summed E-state index contributed by atoms with van der Waals surface area (Å²) in [6.45, 7) is 12.9. The Balaban J connectivity index is 0.000000612. The first kappa shape index (κ1) is 17.2. The van der Waals surface area contributed by atoms with Gasteiger partial charge in [-0.25, -0.2) is 0 Å². The lowest BCUT2D eigenvalue weighted by Crippen LogP contribution is -2.42. The fraction of sp³-hybridized carbons (Fsp3) is 0.688. The third-order valence-electron chi connectivity index (χ3n) is 3.92. The zero-order valence-corrected chi connectivity index (χ0v) is 14.3. The van der Waals surface area contributed by atoms with Crippen LogP contribution in [-0.4, -0.2) is 29.1 Å². The predicted molar refractivity (Wildman–Crippen MR) is 92.1 cm³/mol. The van der Waals surface area contributed by atoms with Crippen molar-refractivity contribution in [1.29, 1.82) is 0 Å². The summed E-state index contributed by atoms with van der Waals surface area (Å²) in [7, 11) is 1.78. The Morgan fingerprint density at radius 3 is 2.45 bits per heavy atom. The number of rotatable bonds is 1. The third kappa shape index (κ3) is 3.81.